The smallest absolute Gasteiger partial charge is 0.275 e. The number of hydrogen-bond acceptors (Lipinski definition) is 0. The van der Waals surface area contributed by atoms with Gasteiger partial charge >= 0.3 is 16.8 Å². The van der Waals surface area contributed by atoms with E-state index in [-0.39, 0.29) is 16.8 Å². The van der Waals surface area contributed by atoms with E-state index >= 15 is 0 Å². The van der Waals surface area contributed by atoms with Crippen LogP contribution in [0.4, 0.5) is 0 Å². The second-order valence-electron chi connectivity index (χ2n) is 4.20. The predicted molar refractivity (Wildman–Crippen MR) is 75.0 cm³/mol. The van der Waals surface area contributed by atoms with Gasteiger partial charge in [-0.3, -0.25) is 6.08 Å². The van der Waals surface area contributed by atoms with Gasteiger partial charge in [-0.1, -0.05) is 25.3 Å². The van der Waals surface area contributed by atoms with Crippen molar-refractivity contribution in [1.29, 1.82) is 0 Å². The van der Waals surface area contributed by atoms with E-state index in [1.54, 1.807) is 0 Å². The Morgan fingerprint density at radius 2 is 1.94 bits per heavy atom. The summed E-state index contributed by atoms with van der Waals surface area (Å²) in [5.41, 5.74) is 0. The van der Waals surface area contributed by atoms with E-state index in [0.29, 0.717) is 0 Å². The maximum atomic E-state index is 3.18. The van der Waals surface area contributed by atoms with Crippen molar-refractivity contribution in [2.24, 2.45) is 0 Å². The van der Waals surface area contributed by atoms with Crippen LogP contribution in [-0.4, -0.2) is 0 Å². The Morgan fingerprint density at radius 3 is 2.83 bits per heavy atom. The van der Waals surface area contributed by atoms with Crippen LogP contribution in [0.5, 0.6) is 0 Å². The third kappa shape index (κ3) is 4.99. The molecule has 2 aromatic carbocycles. The minimum atomic E-state index is 0. The third-order valence-corrected chi connectivity index (χ3v) is 2.84. The van der Waals surface area contributed by atoms with E-state index in [4.69, 9.17) is 0 Å². The van der Waals surface area contributed by atoms with Crippen molar-refractivity contribution in [2.45, 2.75) is 25.7 Å². The summed E-state index contributed by atoms with van der Waals surface area (Å²) in [5, 5.41) is 2.66. The molecule has 0 spiro atoms. The van der Waals surface area contributed by atoms with Crippen molar-refractivity contribution in [2.75, 3.05) is 0 Å². The molecule has 0 bridgehead atoms. The fourth-order valence-electron chi connectivity index (χ4n) is 1.87. The van der Waals surface area contributed by atoms with Crippen LogP contribution in [0.15, 0.2) is 60.7 Å². The molecule has 0 heterocycles. The van der Waals surface area contributed by atoms with E-state index in [1.807, 2.05) is 6.08 Å². The molecule has 0 atom stereocenters. The molecule has 0 aromatic heterocycles. The summed E-state index contributed by atoms with van der Waals surface area (Å²) in [7, 11) is 0. The monoisotopic (exact) mass is 281 g/mol. The number of hydrogen-bond donors (Lipinski definition) is 0. The SMILES string of the molecule is [C-]1=CC=CCCCC1.[Co+2].c1ccc2[cH-]ccc2c1. The van der Waals surface area contributed by atoms with E-state index in [0.717, 1.165) is 6.42 Å². The summed E-state index contributed by atoms with van der Waals surface area (Å²) < 4.78 is 0. The van der Waals surface area contributed by atoms with Crippen molar-refractivity contribution in [1.82, 2.24) is 0 Å². The summed E-state index contributed by atoms with van der Waals surface area (Å²) in [4.78, 5) is 0. The fraction of sp³-hybridized carbons (Fsp3) is 0.235. The van der Waals surface area contributed by atoms with Gasteiger partial charge in [-0.05, 0) is 0 Å². The van der Waals surface area contributed by atoms with Crippen LogP contribution in [0, 0.1) is 6.08 Å². The van der Waals surface area contributed by atoms with Crippen molar-refractivity contribution < 1.29 is 16.8 Å². The van der Waals surface area contributed by atoms with Crippen LogP contribution in [-0.2, 0) is 16.8 Å². The molecule has 2 aromatic rings. The summed E-state index contributed by atoms with van der Waals surface area (Å²) >= 11 is 0. The molecule has 95 valence electrons. The zero-order chi connectivity index (χ0) is 11.8. The molecule has 0 unspecified atom stereocenters. The normalized spacial score (nSPS) is 14.0. The fourth-order valence-corrected chi connectivity index (χ4v) is 1.87. The van der Waals surface area contributed by atoms with Gasteiger partial charge in [0.05, 0.1) is 0 Å². The molecule has 0 nitrogen and oxygen atoms in total. The van der Waals surface area contributed by atoms with Crippen molar-refractivity contribution in [3.8, 4) is 0 Å². The second kappa shape index (κ2) is 8.84. The molecule has 1 radical (unpaired) electrons. The Labute approximate surface area is 120 Å². The molecule has 0 aliphatic heterocycles. The maximum absolute atomic E-state index is 3.18. The first-order chi connectivity index (χ1) is 8.47. The quantitative estimate of drug-likeness (QED) is 0.594. The number of allylic oxidation sites excluding steroid dienone is 4. The van der Waals surface area contributed by atoms with E-state index < -0.39 is 0 Å². The number of benzene rings is 1. The maximum Gasteiger partial charge on any atom is 2.00 e. The minimum absolute atomic E-state index is 0. The van der Waals surface area contributed by atoms with Gasteiger partial charge in [0.1, 0.15) is 0 Å². The topological polar surface area (TPSA) is 0 Å². The Kier molecular flexibility index (Phi) is 7.31. The Balaban J connectivity index is 0.000000172. The van der Waals surface area contributed by atoms with Crippen LogP contribution >= 0.6 is 0 Å². The van der Waals surface area contributed by atoms with E-state index in [9.17, 15) is 0 Å². The predicted octanol–water partition coefficient (Wildman–Crippen LogP) is 5.03. The first kappa shape index (κ1) is 14.9. The molecule has 0 saturated heterocycles. The van der Waals surface area contributed by atoms with Gasteiger partial charge in [0, 0.05) is 0 Å². The van der Waals surface area contributed by atoms with Gasteiger partial charge in [0.2, 0.25) is 0 Å². The van der Waals surface area contributed by atoms with Gasteiger partial charge < -0.3 is 0 Å². The van der Waals surface area contributed by atoms with Crippen molar-refractivity contribution >= 4 is 10.8 Å². The first-order valence-electron chi connectivity index (χ1n) is 6.29. The molecule has 0 saturated carbocycles. The minimum Gasteiger partial charge on any atom is -0.275 e. The van der Waals surface area contributed by atoms with Gasteiger partial charge in [0.25, 0.3) is 0 Å². The summed E-state index contributed by atoms with van der Waals surface area (Å²) in [6.07, 6.45) is 14.5. The summed E-state index contributed by atoms with van der Waals surface area (Å²) in [5.74, 6) is 0. The third-order valence-electron chi connectivity index (χ3n) is 2.84. The molecule has 18 heavy (non-hydrogen) atoms. The zero-order valence-corrected chi connectivity index (χ0v) is 11.5. The number of fused-ring (bicyclic) bond motifs is 1. The molecule has 0 N–H and O–H groups in total. The van der Waals surface area contributed by atoms with Gasteiger partial charge in [-0.2, -0.15) is 23.6 Å². The summed E-state index contributed by atoms with van der Waals surface area (Å²) in [6.45, 7) is 0. The average molecular weight is 281 g/mol. The molecule has 1 aliphatic rings. The van der Waals surface area contributed by atoms with E-state index in [2.05, 4.69) is 60.7 Å². The second-order valence-corrected chi connectivity index (χ2v) is 4.20. The molecule has 1 aliphatic carbocycles. The first-order valence-corrected chi connectivity index (χ1v) is 6.29. The average Bonchev–Trinajstić information content (AvgIpc) is 2.76. The molecular weight excluding hydrogens is 263 g/mol. The number of rotatable bonds is 0. The van der Waals surface area contributed by atoms with Crippen molar-refractivity contribution in [3.63, 3.8) is 0 Å². The largest absolute Gasteiger partial charge is 2.00 e. The van der Waals surface area contributed by atoms with Crippen LogP contribution < -0.4 is 0 Å². The molecular formula is C17H18Co. The van der Waals surface area contributed by atoms with E-state index in [1.165, 1.54) is 30.0 Å². The molecule has 0 amide bonds. The standard InChI is InChI=1S/C9H7.C8H11.Co/c1-2-5-9-7-3-6-8(9)4-1;1-2-4-6-8-7-5-3-1;/h1-7H;1-3H,4,6-8H2;/q2*-1;+2. The van der Waals surface area contributed by atoms with Gasteiger partial charge in [-0.15, -0.1) is 36.1 Å². The van der Waals surface area contributed by atoms with Crippen LogP contribution in [0.25, 0.3) is 10.8 Å². The molecule has 1 heteroatoms. The van der Waals surface area contributed by atoms with Gasteiger partial charge in [0.15, 0.2) is 0 Å². The Bertz CT molecular complexity index is 447. The molecule has 3 rings (SSSR count). The Hall–Kier alpha value is -1.18. The van der Waals surface area contributed by atoms with Gasteiger partial charge in [-0.25, -0.2) is 12.2 Å². The Morgan fingerprint density at radius 1 is 1.06 bits per heavy atom. The van der Waals surface area contributed by atoms with Crippen LogP contribution in [0.2, 0.25) is 0 Å². The van der Waals surface area contributed by atoms with Crippen molar-refractivity contribution in [3.05, 3.63) is 66.8 Å². The summed E-state index contributed by atoms with van der Waals surface area (Å²) in [6, 6.07) is 14.7. The van der Waals surface area contributed by atoms with Crippen LogP contribution in [0.1, 0.15) is 25.7 Å². The van der Waals surface area contributed by atoms with Crippen LogP contribution in [0.3, 0.4) is 0 Å². The zero-order valence-electron chi connectivity index (χ0n) is 10.4. The molecule has 0 fully saturated rings.